The number of carbonyl (C=O) groups excluding carboxylic acids is 3. The van der Waals surface area contributed by atoms with E-state index in [9.17, 15) is 19.2 Å². The summed E-state index contributed by atoms with van der Waals surface area (Å²) in [5.74, 6) is -2.77. The average molecular weight is 507 g/mol. The molecule has 0 radical (unpaired) electrons. The van der Waals surface area contributed by atoms with Gasteiger partial charge in [0.25, 0.3) is 5.60 Å². The molecule has 1 atom stereocenters. The Hall–Kier alpha value is -3.02. The third kappa shape index (κ3) is 6.59. The van der Waals surface area contributed by atoms with Crippen LogP contribution in [0.2, 0.25) is 0 Å². The summed E-state index contributed by atoms with van der Waals surface area (Å²) >= 11 is 0. The van der Waals surface area contributed by atoms with E-state index in [1.165, 1.54) is 0 Å². The molecular weight excluding hydrogens is 472 g/mol. The Morgan fingerprint density at radius 2 is 1.86 bits per heavy atom. The smallest absolute Gasteiger partial charge is 0.410 e. The first kappa shape index (κ1) is 27.6. The van der Waals surface area contributed by atoms with E-state index in [2.05, 4.69) is 0 Å². The summed E-state index contributed by atoms with van der Waals surface area (Å²) in [7, 11) is 0. The van der Waals surface area contributed by atoms with Gasteiger partial charge in [-0.05, 0) is 64.5 Å². The van der Waals surface area contributed by atoms with Crippen LogP contribution in [0.4, 0.5) is 4.79 Å². The van der Waals surface area contributed by atoms with E-state index in [1.807, 2.05) is 20.8 Å². The molecule has 1 fully saturated rings. The van der Waals surface area contributed by atoms with Crippen molar-refractivity contribution in [1.29, 1.82) is 0 Å². The molecule has 198 valence electrons. The van der Waals surface area contributed by atoms with Crippen molar-refractivity contribution in [2.45, 2.75) is 64.1 Å². The van der Waals surface area contributed by atoms with Crippen molar-refractivity contribution in [3.8, 4) is 0 Å². The van der Waals surface area contributed by atoms with Crippen LogP contribution in [0.1, 0.15) is 63.1 Å². The van der Waals surface area contributed by atoms with Gasteiger partial charge in [0.15, 0.2) is 6.61 Å². The lowest BCUT2D eigenvalue weighted by molar-refractivity contribution is -0.333. The maximum absolute atomic E-state index is 13.0. The highest BCUT2D eigenvalue weighted by Crippen LogP contribution is 2.54. The van der Waals surface area contributed by atoms with Gasteiger partial charge in [-0.2, -0.15) is 0 Å². The molecule has 0 aromatic heterocycles. The Balaban J connectivity index is 1.53. The third-order valence-electron chi connectivity index (χ3n) is 6.12. The highest BCUT2D eigenvalue weighted by Gasteiger charge is 2.63. The zero-order valence-electron chi connectivity index (χ0n) is 20.9. The van der Waals surface area contributed by atoms with Crippen LogP contribution in [0.3, 0.4) is 0 Å². The maximum atomic E-state index is 13.0. The normalized spacial score (nSPS) is 19.4. The van der Waals surface area contributed by atoms with Crippen molar-refractivity contribution in [2.75, 3.05) is 26.2 Å². The zero-order chi connectivity index (χ0) is 26.5. The number of benzene rings is 1. The summed E-state index contributed by atoms with van der Waals surface area (Å²) in [5.41, 5.74) is 4.97. The highest BCUT2D eigenvalue weighted by molar-refractivity contribution is 6.00. The van der Waals surface area contributed by atoms with Gasteiger partial charge in [0, 0.05) is 30.6 Å². The van der Waals surface area contributed by atoms with Crippen LogP contribution < -0.4 is 5.73 Å². The maximum Gasteiger partial charge on any atom is 0.410 e. The Labute approximate surface area is 209 Å². The minimum absolute atomic E-state index is 0.0148. The number of carbonyl (C=O) groups is 4. The molecule has 1 amide bonds. The fourth-order valence-corrected chi connectivity index (χ4v) is 4.37. The SMILES string of the molecule is CC(C)(C)OC(=O)N1CCC(CCC(=O)OC(=O)C2(OOCC(=O)O)c3cccc(CCN)c32)CC1. The highest BCUT2D eigenvalue weighted by atomic mass is 17.2. The van der Waals surface area contributed by atoms with E-state index >= 15 is 0 Å². The molecule has 0 saturated carbocycles. The second-order valence-corrected chi connectivity index (χ2v) is 10.0. The first-order chi connectivity index (χ1) is 17.0. The fourth-order valence-electron chi connectivity index (χ4n) is 4.37. The number of hydrogen-bond acceptors (Lipinski definition) is 9. The number of amides is 1. The van der Waals surface area contributed by atoms with Crippen LogP contribution >= 0.6 is 0 Å². The van der Waals surface area contributed by atoms with Crippen molar-refractivity contribution < 1.29 is 43.5 Å². The van der Waals surface area contributed by atoms with Crippen LogP contribution in [-0.4, -0.2) is 65.8 Å². The van der Waals surface area contributed by atoms with Gasteiger partial charge >= 0.3 is 24.0 Å². The number of carboxylic acid groups (broad SMARTS) is 1. The number of aliphatic carboxylic acids is 1. The number of rotatable bonds is 10. The monoisotopic (exact) mass is 506 g/mol. The van der Waals surface area contributed by atoms with Gasteiger partial charge in [0.05, 0.1) is 0 Å². The molecule has 1 aromatic carbocycles. The third-order valence-corrected chi connectivity index (χ3v) is 6.12. The number of nitrogens with two attached hydrogens (primary N) is 1. The van der Waals surface area contributed by atoms with Gasteiger partial charge in [-0.3, -0.25) is 4.79 Å². The number of carboxylic acids is 1. The van der Waals surface area contributed by atoms with Crippen LogP contribution in [0.15, 0.2) is 18.2 Å². The molecule has 1 unspecified atom stereocenters. The molecule has 11 heteroatoms. The van der Waals surface area contributed by atoms with Crippen molar-refractivity contribution in [3.63, 3.8) is 0 Å². The lowest BCUT2D eigenvalue weighted by atomic mass is 9.92. The van der Waals surface area contributed by atoms with Gasteiger partial charge in [0.2, 0.25) is 0 Å². The Bertz CT molecular complexity index is 996. The molecule has 3 N–H and O–H groups in total. The molecule has 3 rings (SSSR count). The van der Waals surface area contributed by atoms with Gasteiger partial charge in [-0.15, -0.1) is 0 Å². The van der Waals surface area contributed by atoms with Gasteiger partial charge < -0.3 is 25.2 Å². The minimum Gasteiger partial charge on any atom is -0.479 e. The second kappa shape index (κ2) is 11.4. The second-order valence-electron chi connectivity index (χ2n) is 10.0. The van der Waals surface area contributed by atoms with Crippen molar-refractivity contribution in [1.82, 2.24) is 4.90 Å². The summed E-state index contributed by atoms with van der Waals surface area (Å²) in [6.45, 7) is 6.05. The number of ether oxygens (including phenoxy) is 2. The van der Waals surface area contributed by atoms with Gasteiger partial charge in [-0.25, -0.2) is 24.2 Å². The van der Waals surface area contributed by atoms with Crippen molar-refractivity contribution in [2.24, 2.45) is 11.7 Å². The fraction of sp³-hybridized carbons (Fsp3) is 0.600. The largest absolute Gasteiger partial charge is 0.479 e. The number of fused-ring (bicyclic) bond motifs is 1. The minimum atomic E-state index is -1.78. The molecular formula is C25H34N2O9. The molecule has 1 aliphatic heterocycles. The molecule has 11 nitrogen and oxygen atoms in total. The Morgan fingerprint density at radius 1 is 1.17 bits per heavy atom. The predicted molar refractivity (Wildman–Crippen MR) is 126 cm³/mol. The van der Waals surface area contributed by atoms with Crippen LogP contribution in [0.25, 0.3) is 0 Å². The first-order valence-corrected chi connectivity index (χ1v) is 12.1. The Kier molecular flexibility index (Phi) is 8.70. The van der Waals surface area contributed by atoms with Gasteiger partial charge in [0.1, 0.15) is 5.60 Å². The first-order valence-electron chi connectivity index (χ1n) is 12.1. The van der Waals surface area contributed by atoms with Gasteiger partial charge in [-0.1, -0.05) is 18.2 Å². The van der Waals surface area contributed by atoms with E-state index in [4.69, 9.17) is 30.1 Å². The summed E-state index contributed by atoms with van der Waals surface area (Å²) in [6.07, 6.45) is 2.05. The zero-order valence-corrected chi connectivity index (χ0v) is 20.9. The molecule has 1 aliphatic carbocycles. The van der Waals surface area contributed by atoms with E-state index < -0.39 is 35.7 Å². The van der Waals surface area contributed by atoms with Crippen LogP contribution in [-0.2, 0) is 45.7 Å². The lowest BCUT2D eigenvalue weighted by Gasteiger charge is -2.33. The van der Waals surface area contributed by atoms with E-state index in [-0.39, 0.29) is 18.4 Å². The molecule has 1 saturated heterocycles. The number of piperidine rings is 1. The summed E-state index contributed by atoms with van der Waals surface area (Å²) in [4.78, 5) is 60.2. The van der Waals surface area contributed by atoms with E-state index in [0.29, 0.717) is 56.4 Å². The number of esters is 2. The van der Waals surface area contributed by atoms with Crippen molar-refractivity contribution >= 4 is 24.0 Å². The molecule has 0 spiro atoms. The quantitative estimate of drug-likeness (QED) is 0.209. The topological polar surface area (TPSA) is 155 Å². The molecule has 2 aliphatic rings. The van der Waals surface area contributed by atoms with E-state index in [0.717, 1.165) is 5.56 Å². The number of hydrogen-bond donors (Lipinski definition) is 2. The van der Waals surface area contributed by atoms with Crippen molar-refractivity contribution in [3.05, 3.63) is 34.9 Å². The lowest BCUT2D eigenvalue weighted by Crippen LogP contribution is -2.41. The van der Waals surface area contributed by atoms with E-state index in [1.54, 1.807) is 23.1 Å². The standard InChI is InChI=1S/C25H34N2O9/c1-24(2,3)35-23(32)27-13-10-16(11-14-27)7-8-20(30)34-22(31)25(36-33-15-19(28)29)18-6-4-5-17(9-12-26)21(18)25/h4-6,16H,7-15,26H2,1-3H3,(H,28,29). The predicted octanol–water partition coefficient (Wildman–Crippen LogP) is 2.27. The molecule has 1 heterocycles. The van der Waals surface area contributed by atoms with Crippen LogP contribution in [0.5, 0.6) is 0 Å². The summed E-state index contributed by atoms with van der Waals surface area (Å²) < 4.78 is 10.5. The number of likely N-dealkylation sites (tertiary alicyclic amines) is 1. The average Bonchev–Trinajstić information content (AvgIpc) is 3.46. The van der Waals surface area contributed by atoms with Crippen LogP contribution in [0, 0.1) is 5.92 Å². The summed E-state index contributed by atoms with van der Waals surface area (Å²) in [6, 6.07) is 5.11. The summed E-state index contributed by atoms with van der Waals surface area (Å²) in [5, 5.41) is 8.84. The molecule has 36 heavy (non-hydrogen) atoms. The Morgan fingerprint density at radius 3 is 2.47 bits per heavy atom. The molecule has 0 bridgehead atoms. The number of nitrogens with zero attached hydrogens (tertiary/aromatic N) is 1. The molecule has 1 aromatic rings.